The SMILES string of the molecule is Cc1ncsc1-c1ccc([C@H](C)NC(=O)[C@@H]2C[C@@H](O)CN2C(=O)C(NC(=O)[C@]23C[C@@](COc4ccc(Br)cn4)(C2)C3)C(C)(C)C)cc1. The van der Waals surface area contributed by atoms with E-state index >= 15 is 0 Å². The number of nitrogens with zero attached hydrogens (tertiary/aromatic N) is 3. The van der Waals surface area contributed by atoms with Gasteiger partial charge in [-0.1, -0.05) is 45.0 Å². The summed E-state index contributed by atoms with van der Waals surface area (Å²) in [7, 11) is 0. The normalized spacial score (nSPS) is 26.1. The zero-order chi connectivity index (χ0) is 33.7. The van der Waals surface area contributed by atoms with Gasteiger partial charge >= 0.3 is 0 Å². The number of amides is 3. The van der Waals surface area contributed by atoms with Crippen molar-refractivity contribution < 1.29 is 24.2 Å². The number of rotatable bonds is 10. The fourth-order valence-electron chi connectivity index (χ4n) is 7.37. The Labute approximate surface area is 287 Å². The highest BCUT2D eigenvalue weighted by atomic mass is 79.9. The molecule has 1 unspecified atom stereocenters. The topological polar surface area (TPSA) is 134 Å². The molecule has 1 aromatic carbocycles. The van der Waals surface area contributed by atoms with Crippen LogP contribution in [0.3, 0.4) is 0 Å². The third-order valence-corrected chi connectivity index (χ3v) is 11.3. The lowest BCUT2D eigenvalue weighted by Gasteiger charge is -2.69. The summed E-state index contributed by atoms with van der Waals surface area (Å²) in [5, 5.41) is 16.7. The average molecular weight is 725 g/mol. The van der Waals surface area contributed by atoms with E-state index in [1.807, 2.05) is 76.5 Å². The Morgan fingerprint density at radius 1 is 1.11 bits per heavy atom. The number of nitrogens with one attached hydrogen (secondary N) is 2. The lowest BCUT2D eigenvalue weighted by Crippen LogP contribution is -2.71. The number of thiazole rings is 1. The minimum atomic E-state index is -0.857. The second-order valence-electron chi connectivity index (χ2n) is 14.7. The Bertz CT molecular complexity index is 1630. The van der Waals surface area contributed by atoms with Gasteiger partial charge in [0.2, 0.25) is 23.6 Å². The van der Waals surface area contributed by atoms with Crippen LogP contribution in [-0.4, -0.2) is 69.0 Å². The van der Waals surface area contributed by atoms with Gasteiger partial charge in [0.1, 0.15) is 12.1 Å². The van der Waals surface area contributed by atoms with Crippen molar-refractivity contribution in [1.29, 1.82) is 0 Å². The fourth-order valence-corrected chi connectivity index (χ4v) is 8.41. The van der Waals surface area contributed by atoms with Gasteiger partial charge in [-0.05, 0) is 71.6 Å². The zero-order valence-electron chi connectivity index (χ0n) is 27.4. The van der Waals surface area contributed by atoms with Gasteiger partial charge < -0.3 is 25.4 Å². The summed E-state index contributed by atoms with van der Waals surface area (Å²) in [4.78, 5) is 52.5. The monoisotopic (exact) mass is 723 g/mol. The van der Waals surface area contributed by atoms with Crippen molar-refractivity contribution in [3.8, 4) is 16.3 Å². The van der Waals surface area contributed by atoms with Crippen LogP contribution in [0.4, 0.5) is 0 Å². The lowest BCUT2D eigenvalue weighted by atomic mass is 9.35. The van der Waals surface area contributed by atoms with E-state index in [0.717, 1.165) is 26.2 Å². The smallest absolute Gasteiger partial charge is 0.246 e. The van der Waals surface area contributed by atoms with Gasteiger partial charge in [0.05, 0.1) is 40.2 Å². The van der Waals surface area contributed by atoms with E-state index in [9.17, 15) is 19.5 Å². The first-order chi connectivity index (χ1) is 22.2. The van der Waals surface area contributed by atoms with Crippen LogP contribution >= 0.6 is 27.3 Å². The van der Waals surface area contributed by atoms with Crippen LogP contribution in [0.25, 0.3) is 10.4 Å². The molecule has 4 aliphatic rings. The predicted molar refractivity (Wildman–Crippen MR) is 183 cm³/mol. The number of aromatic nitrogens is 2. The Kier molecular flexibility index (Phi) is 8.99. The summed E-state index contributed by atoms with van der Waals surface area (Å²) in [5.41, 5.74) is 3.62. The molecule has 0 spiro atoms. The van der Waals surface area contributed by atoms with E-state index in [1.165, 1.54) is 4.90 Å². The number of carbonyl (C=O) groups excluding carboxylic acids is 3. The maximum absolute atomic E-state index is 14.1. The summed E-state index contributed by atoms with van der Waals surface area (Å²) in [6.45, 7) is 10.1. The minimum absolute atomic E-state index is 0.0341. The standard InChI is InChI=1S/C35H42BrN5O5S/c1-20(22-6-8-23(9-7-22)28-21(2)38-19-47-28)39-30(43)26-12-25(42)14-41(26)31(44)29(33(3,4)5)40-32(45)35-15-34(16-35,17-35)18-46-27-11-10-24(36)13-37-27/h6-11,13,19-20,25-26,29,42H,12,14-18H2,1-5H3,(H,39,43)(H,40,45)/t20-,25+,26-,29?,34-,35-/m0/s1. The molecule has 2 aromatic heterocycles. The maximum atomic E-state index is 14.1. The highest BCUT2D eigenvalue weighted by molar-refractivity contribution is 9.10. The maximum Gasteiger partial charge on any atom is 0.246 e. The molecule has 3 amide bonds. The summed E-state index contributed by atoms with van der Waals surface area (Å²) in [5.74, 6) is -0.271. The molecule has 1 aliphatic heterocycles. The van der Waals surface area contributed by atoms with Crippen LogP contribution in [0, 0.1) is 23.2 Å². The number of aryl methyl sites for hydroxylation is 1. The number of hydrogen-bond donors (Lipinski definition) is 3. The number of benzene rings is 1. The van der Waals surface area contributed by atoms with Gasteiger partial charge in [-0.15, -0.1) is 11.3 Å². The molecule has 4 fully saturated rings. The number of pyridine rings is 1. The molecule has 4 atom stereocenters. The second kappa shape index (κ2) is 12.6. The Balaban J connectivity index is 1.07. The van der Waals surface area contributed by atoms with E-state index < -0.39 is 29.0 Å². The van der Waals surface area contributed by atoms with Gasteiger partial charge in [-0.25, -0.2) is 9.97 Å². The molecular formula is C35H42BrN5O5S. The van der Waals surface area contributed by atoms with Crippen molar-refractivity contribution in [3.05, 3.63) is 63.8 Å². The number of aliphatic hydroxyl groups excluding tert-OH is 1. The van der Waals surface area contributed by atoms with Crippen LogP contribution in [0.2, 0.25) is 0 Å². The lowest BCUT2D eigenvalue weighted by molar-refractivity contribution is -0.218. The molecule has 10 nitrogen and oxygen atoms in total. The van der Waals surface area contributed by atoms with Gasteiger partial charge in [-0.2, -0.15) is 0 Å². The zero-order valence-corrected chi connectivity index (χ0v) is 29.8. The van der Waals surface area contributed by atoms with Crippen molar-refractivity contribution in [1.82, 2.24) is 25.5 Å². The highest BCUT2D eigenvalue weighted by Crippen LogP contribution is 2.73. The first kappa shape index (κ1) is 33.5. The van der Waals surface area contributed by atoms with Gasteiger partial charge in [0.25, 0.3) is 0 Å². The van der Waals surface area contributed by atoms with Crippen LogP contribution in [0.5, 0.6) is 5.88 Å². The first-order valence-electron chi connectivity index (χ1n) is 16.0. The summed E-state index contributed by atoms with van der Waals surface area (Å²) in [6, 6.07) is 9.67. The number of hydrogen-bond acceptors (Lipinski definition) is 8. The average Bonchev–Trinajstić information content (AvgIpc) is 3.59. The van der Waals surface area contributed by atoms with Crippen molar-refractivity contribution in [2.75, 3.05) is 13.2 Å². The summed E-state index contributed by atoms with van der Waals surface area (Å²) >= 11 is 4.96. The van der Waals surface area contributed by atoms with Crippen LogP contribution in [-0.2, 0) is 14.4 Å². The molecule has 250 valence electrons. The van der Waals surface area contributed by atoms with Crippen LogP contribution in [0.15, 0.2) is 52.6 Å². The minimum Gasteiger partial charge on any atom is -0.477 e. The van der Waals surface area contributed by atoms with Crippen LogP contribution < -0.4 is 15.4 Å². The molecule has 47 heavy (non-hydrogen) atoms. The molecule has 12 heteroatoms. The molecule has 7 rings (SSSR count). The van der Waals surface area contributed by atoms with E-state index in [4.69, 9.17) is 4.74 Å². The predicted octanol–water partition coefficient (Wildman–Crippen LogP) is 5.20. The van der Waals surface area contributed by atoms with Crippen molar-refractivity contribution in [2.24, 2.45) is 16.2 Å². The van der Waals surface area contributed by atoms with Crippen molar-refractivity contribution in [3.63, 3.8) is 0 Å². The molecule has 3 aromatic rings. The third-order valence-electron chi connectivity index (χ3n) is 9.88. The second-order valence-corrected chi connectivity index (χ2v) is 16.5. The molecule has 2 bridgehead atoms. The van der Waals surface area contributed by atoms with Crippen molar-refractivity contribution >= 4 is 45.0 Å². The van der Waals surface area contributed by atoms with E-state index in [2.05, 4.69) is 36.5 Å². The molecular weight excluding hydrogens is 682 g/mol. The Morgan fingerprint density at radius 3 is 2.40 bits per heavy atom. The molecule has 3 aliphatic carbocycles. The van der Waals surface area contributed by atoms with E-state index in [-0.39, 0.29) is 42.1 Å². The third kappa shape index (κ3) is 6.69. The first-order valence-corrected chi connectivity index (χ1v) is 17.7. The van der Waals surface area contributed by atoms with Crippen LogP contribution in [0.1, 0.15) is 70.7 Å². The molecule has 3 saturated carbocycles. The number of carbonyl (C=O) groups is 3. The number of β-amino-alcohol motifs (C(OH)–C–C–N with tert-alkyl or cyclic N) is 1. The Hall–Kier alpha value is -3.35. The number of aliphatic hydroxyl groups is 1. The largest absolute Gasteiger partial charge is 0.477 e. The summed E-state index contributed by atoms with van der Waals surface area (Å²) < 4.78 is 6.79. The number of ether oxygens (including phenoxy) is 1. The fraction of sp³-hybridized carbons (Fsp3) is 0.514. The van der Waals surface area contributed by atoms with Crippen molar-refractivity contribution in [2.45, 2.75) is 84.5 Å². The van der Waals surface area contributed by atoms with Gasteiger partial charge in [0, 0.05) is 35.1 Å². The molecule has 1 saturated heterocycles. The van der Waals surface area contributed by atoms with Gasteiger partial charge in [0.15, 0.2) is 0 Å². The van der Waals surface area contributed by atoms with E-state index in [1.54, 1.807) is 17.5 Å². The quantitative estimate of drug-likeness (QED) is 0.262. The van der Waals surface area contributed by atoms with E-state index in [0.29, 0.717) is 31.7 Å². The number of halogens is 1. The molecule has 3 N–H and O–H groups in total. The summed E-state index contributed by atoms with van der Waals surface area (Å²) in [6.07, 6.45) is 3.09. The highest BCUT2D eigenvalue weighted by Gasteiger charge is 2.72. The molecule has 0 radical (unpaired) electrons. The molecule has 3 heterocycles. The Morgan fingerprint density at radius 2 is 1.81 bits per heavy atom. The van der Waals surface area contributed by atoms with Gasteiger partial charge in [-0.3, -0.25) is 14.4 Å². The number of likely N-dealkylation sites (tertiary alicyclic amines) is 1.